The number of hydrogen-bond acceptors (Lipinski definition) is 8. The van der Waals surface area contributed by atoms with Gasteiger partial charge < -0.3 is 25.8 Å². The van der Waals surface area contributed by atoms with Crippen molar-refractivity contribution in [3.63, 3.8) is 0 Å². The van der Waals surface area contributed by atoms with Crippen LogP contribution in [0, 0.1) is 26.7 Å². The Kier molecular flexibility index (Phi) is 11.1. The van der Waals surface area contributed by atoms with Crippen LogP contribution in [0.15, 0.2) is 41.4 Å². The molecule has 0 radical (unpaired) electrons. The lowest BCUT2D eigenvalue weighted by Gasteiger charge is -2.29. The third-order valence-corrected chi connectivity index (χ3v) is 10.2. The molecule has 1 aliphatic carbocycles. The van der Waals surface area contributed by atoms with Crippen molar-refractivity contribution >= 4 is 27.8 Å². The molecule has 4 atom stereocenters. The molecule has 1 aliphatic heterocycles. The number of ether oxygens (including phenoxy) is 1. The first-order valence-electron chi connectivity index (χ1n) is 15.0. The zero-order valence-corrected chi connectivity index (χ0v) is 26.3. The molecule has 0 spiro atoms. The van der Waals surface area contributed by atoms with Crippen molar-refractivity contribution in [2.45, 2.75) is 88.4 Å². The van der Waals surface area contributed by atoms with Gasteiger partial charge in [0.05, 0.1) is 28.8 Å². The van der Waals surface area contributed by atoms with Gasteiger partial charge in [0, 0.05) is 25.7 Å². The number of sulfonamides is 1. The SMILES string of the molecule is Cc1cc(C)c(S(=O)(=O)NC(CNC(=O)COC2CC(C(N)c3ccccn3)N(C(=O)CC3CCCC3)C2)C(=O)O)c(C)c1. The monoisotopic (exact) mass is 629 g/mol. The van der Waals surface area contributed by atoms with E-state index in [9.17, 15) is 27.9 Å². The van der Waals surface area contributed by atoms with E-state index >= 15 is 0 Å². The minimum Gasteiger partial charge on any atom is -0.480 e. The van der Waals surface area contributed by atoms with E-state index in [1.165, 1.54) is 0 Å². The van der Waals surface area contributed by atoms with Gasteiger partial charge in [-0.3, -0.25) is 19.4 Å². The summed E-state index contributed by atoms with van der Waals surface area (Å²) in [6.07, 6.45) is 6.38. The average Bonchev–Trinajstić information content (AvgIpc) is 3.63. The van der Waals surface area contributed by atoms with Gasteiger partial charge in [0.25, 0.3) is 0 Å². The number of pyridine rings is 1. The number of carbonyl (C=O) groups is 3. The molecule has 44 heavy (non-hydrogen) atoms. The fourth-order valence-electron chi connectivity index (χ4n) is 6.40. The molecule has 1 saturated heterocycles. The van der Waals surface area contributed by atoms with E-state index < -0.39 is 53.2 Å². The first-order chi connectivity index (χ1) is 20.9. The van der Waals surface area contributed by atoms with Gasteiger partial charge in [0.1, 0.15) is 12.6 Å². The number of carbonyl (C=O) groups excluding carboxylic acids is 2. The molecule has 1 aromatic carbocycles. The maximum Gasteiger partial charge on any atom is 0.323 e. The van der Waals surface area contributed by atoms with Crippen LogP contribution < -0.4 is 15.8 Å². The number of benzene rings is 1. The lowest BCUT2D eigenvalue weighted by Crippen LogP contribution is -2.49. The van der Waals surface area contributed by atoms with E-state index in [4.69, 9.17) is 10.5 Å². The van der Waals surface area contributed by atoms with Gasteiger partial charge in [0.2, 0.25) is 21.8 Å². The predicted octanol–water partition coefficient (Wildman–Crippen LogP) is 2.12. The molecule has 4 rings (SSSR count). The number of hydrogen-bond donors (Lipinski definition) is 4. The van der Waals surface area contributed by atoms with Gasteiger partial charge in [0.15, 0.2) is 0 Å². The number of rotatable bonds is 13. The molecule has 240 valence electrons. The third-order valence-electron chi connectivity index (χ3n) is 8.43. The van der Waals surface area contributed by atoms with Gasteiger partial charge in [-0.05, 0) is 69.2 Å². The second-order valence-electron chi connectivity index (χ2n) is 12.0. The van der Waals surface area contributed by atoms with Crippen molar-refractivity contribution in [3.05, 3.63) is 58.9 Å². The number of amides is 2. The highest BCUT2D eigenvalue weighted by Gasteiger charge is 2.41. The van der Waals surface area contributed by atoms with Crippen molar-refractivity contribution in [1.29, 1.82) is 0 Å². The van der Waals surface area contributed by atoms with E-state index in [0.717, 1.165) is 31.2 Å². The summed E-state index contributed by atoms with van der Waals surface area (Å²) in [7, 11) is -4.18. The molecule has 1 saturated carbocycles. The van der Waals surface area contributed by atoms with Crippen LogP contribution in [-0.2, 0) is 29.1 Å². The highest BCUT2D eigenvalue weighted by molar-refractivity contribution is 7.89. The summed E-state index contributed by atoms with van der Waals surface area (Å²) in [6, 6.07) is 6.38. The van der Waals surface area contributed by atoms with Crippen molar-refractivity contribution in [3.8, 4) is 0 Å². The van der Waals surface area contributed by atoms with E-state index in [0.29, 0.717) is 35.6 Å². The predicted molar refractivity (Wildman–Crippen MR) is 163 cm³/mol. The summed E-state index contributed by atoms with van der Waals surface area (Å²) >= 11 is 0. The summed E-state index contributed by atoms with van der Waals surface area (Å²) in [4.78, 5) is 44.0. The van der Waals surface area contributed by atoms with Gasteiger partial charge in [-0.2, -0.15) is 4.72 Å². The average molecular weight is 630 g/mol. The highest BCUT2D eigenvalue weighted by Crippen LogP contribution is 2.33. The number of carboxylic acids is 1. The molecule has 12 nitrogen and oxygen atoms in total. The van der Waals surface area contributed by atoms with E-state index in [1.54, 1.807) is 43.1 Å². The molecular formula is C31H43N5O7S. The van der Waals surface area contributed by atoms with Crippen LogP contribution in [0.4, 0.5) is 0 Å². The first kappa shape index (κ1) is 33.5. The number of nitrogens with two attached hydrogens (primary N) is 1. The van der Waals surface area contributed by atoms with Crippen molar-refractivity contribution < 1.29 is 32.6 Å². The van der Waals surface area contributed by atoms with Crippen LogP contribution in [0.3, 0.4) is 0 Å². The van der Waals surface area contributed by atoms with Crippen LogP contribution in [-0.4, -0.2) is 79.1 Å². The third kappa shape index (κ3) is 8.40. The molecule has 4 unspecified atom stereocenters. The standard InChI is InChI=1S/C31H43N5O7S/c1-19-12-20(2)30(21(3)13-19)44(41,42)35-25(31(39)40)16-34-27(37)18-43-23-15-26(29(32)24-10-6-7-11-33-24)36(17-23)28(38)14-22-8-4-5-9-22/h6-7,10-13,22-23,25-26,29,35H,4-5,8-9,14-18,32H2,1-3H3,(H,34,37)(H,39,40). The number of nitrogens with one attached hydrogen (secondary N) is 2. The van der Waals surface area contributed by atoms with Gasteiger partial charge in [-0.1, -0.05) is 36.6 Å². The number of carboxylic acid groups (broad SMARTS) is 1. The Balaban J connectivity index is 1.35. The maximum absolute atomic E-state index is 13.4. The molecule has 2 aromatic rings. The second kappa shape index (κ2) is 14.6. The van der Waals surface area contributed by atoms with Crippen molar-refractivity contribution in [2.24, 2.45) is 11.7 Å². The molecular weight excluding hydrogens is 586 g/mol. The Morgan fingerprint density at radius 3 is 2.43 bits per heavy atom. The van der Waals surface area contributed by atoms with Crippen LogP contribution in [0.5, 0.6) is 0 Å². The van der Waals surface area contributed by atoms with Gasteiger partial charge >= 0.3 is 5.97 Å². The van der Waals surface area contributed by atoms with Gasteiger partial charge in [-0.15, -0.1) is 0 Å². The lowest BCUT2D eigenvalue weighted by atomic mass is 10.00. The summed E-state index contributed by atoms with van der Waals surface area (Å²) in [5.41, 5.74) is 9.10. The van der Waals surface area contributed by atoms with Crippen molar-refractivity contribution in [1.82, 2.24) is 19.9 Å². The summed E-state index contributed by atoms with van der Waals surface area (Å²) in [5.74, 6) is -1.67. The van der Waals surface area contributed by atoms with Crippen LogP contribution in [0.2, 0.25) is 0 Å². The highest BCUT2D eigenvalue weighted by atomic mass is 32.2. The quantitative estimate of drug-likeness (QED) is 0.258. The number of nitrogens with zero attached hydrogens (tertiary/aromatic N) is 2. The van der Waals surface area contributed by atoms with E-state index in [1.807, 2.05) is 19.1 Å². The number of likely N-dealkylation sites (tertiary alicyclic amines) is 1. The Bertz CT molecular complexity index is 1420. The number of aliphatic carboxylic acids is 1. The Labute approximate surface area is 258 Å². The Morgan fingerprint density at radius 1 is 1.14 bits per heavy atom. The molecule has 0 bridgehead atoms. The largest absolute Gasteiger partial charge is 0.480 e. The van der Waals surface area contributed by atoms with Crippen LogP contribution >= 0.6 is 0 Å². The molecule has 1 aromatic heterocycles. The number of aryl methyl sites for hydroxylation is 3. The van der Waals surface area contributed by atoms with Crippen LogP contribution in [0.1, 0.15) is 67.0 Å². The Morgan fingerprint density at radius 2 is 1.82 bits per heavy atom. The minimum atomic E-state index is -4.18. The molecule has 2 amide bonds. The van der Waals surface area contributed by atoms with Gasteiger partial charge in [-0.25, -0.2) is 8.42 Å². The smallest absolute Gasteiger partial charge is 0.323 e. The van der Waals surface area contributed by atoms with Crippen molar-refractivity contribution in [2.75, 3.05) is 19.7 Å². The minimum absolute atomic E-state index is 0.00995. The molecule has 13 heteroatoms. The Hall–Kier alpha value is -3.39. The molecule has 5 N–H and O–H groups in total. The second-order valence-corrected chi connectivity index (χ2v) is 13.6. The first-order valence-corrected chi connectivity index (χ1v) is 16.5. The zero-order valence-electron chi connectivity index (χ0n) is 25.5. The molecule has 2 fully saturated rings. The number of aromatic nitrogens is 1. The fourth-order valence-corrected chi connectivity index (χ4v) is 8.04. The lowest BCUT2D eigenvalue weighted by molar-refractivity contribution is -0.139. The van der Waals surface area contributed by atoms with Crippen LogP contribution in [0.25, 0.3) is 0 Å². The van der Waals surface area contributed by atoms with E-state index in [-0.39, 0.29) is 23.4 Å². The fraction of sp³-hybridized carbons (Fsp3) is 0.548. The maximum atomic E-state index is 13.4. The topological polar surface area (TPSA) is 181 Å². The summed E-state index contributed by atoms with van der Waals surface area (Å²) in [6.45, 7) is 4.53. The summed E-state index contributed by atoms with van der Waals surface area (Å²) < 4.78 is 34.2. The zero-order chi connectivity index (χ0) is 32.0. The summed E-state index contributed by atoms with van der Waals surface area (Å²) in [5, 5.41) is 12.1. The molecule has 2 heterocycles. The molecule has 2 aliphatic rings. The normalized spacial score (nSPS) is 20.4. The van der Waals surface area contributed by atoms with E-state index in [2.05, 4.69) is 15.0 Å².